The molecule has 0 aliphatic carbocycles. The average Bonchev–Trinajstić information content (AvgIpc) is 3.79. The molecule has 3 heterocycles. The molecule has 0 atom stereocenters. The van der Waals surface area contributed by atoms with Crippen LogP contribution in [0.2, 0.25) is 0 Å². The van der Waals surface area contributed by atoms with Crippen molar-refractivity contribution in [2.75, 3.05) is 0 Å². The van der Waals surface area contributed by atoms with Crippen molar-refractivity contribution in [1.29, 1.82) is 5.26 Å². The Labute approximate surface area is 269 Å². The van der Waals surface area contributed by atoms with E-state index in [1.54, 1.807) is 0 Å². The lowest BCUT2D eigenvalue weighted by Gasteiger charge is -2.13. The number of nitriles is 1. The molecule has 0 radical (unpaired) electrons. The lowest BCUT2D eigenvalue weighted by molar-refractivity contribution is 0.670. The quantitative estimate of drug-likeness (QED) is 0.203. The number of aromatic nitrogens is 2. The molecule has 7 aromatic carbocycles. The summed E-state index contributed by atoms with van der Waals surface area (Å²) in [6.45, 7) is 0. The maximum absolute atomic E-state index is 9.63. The van der Waals surface area contributed by atoms with Crippen LogP contribution >= 0.6 is 0 Å². The van der Waals surface area contributed by atoms with Gasteiger partial charge in [-0.15, -0.1) is 0 Å². The molecule has 0 unspecified atom stereocenters. The molecule has 4 nitrogen and oxygen atoms in total. The molecule has 0 aliphatic heterocycles. The van der Waals surface area contributed by atoms with Crippen molar-refractivity contribution in [2.45, 2.75) is 0 Å². The Kier molecular flexibility index (Phi) is 5.32. The number of hydrogen-bond acceptors (Lipinski definition) is 2. The molecule has 10 aromatic rings. The van der Waals surface area contributed by atoms with Gasteiger partial charge in [0.25, 0.3) is 0 Å². The van der Waals surface area contributed by atoms with E-state index in [0.717, 1.165) is 66.2 Å². The van der Waals surface area contributed by atoms with Gasteiger partial charge in [0, 0.05) is 49.3 Å². The van der Waals surface area contributed by atoms with Gasteiger partial charge in [-0.1, -0.05) is 84.9 Å². The summed E-state index contributed by atoms with van der Waals surface area (Å²) >= 11 is 0. The molecule has 4 heteroatoms. The van der Waals surface area contributed by atoms with Crippen LogP contribution in [-0.2, 0) is 0 Å². The maximum atomic E-state index is 9.63. The average molecular weight is 600 g/mol. The van der Waals surface area contributed by atoms with Crippen LogP contribution in [-0.4, -0.2) is 9.13 Å². The van der Waals surface area contributed by atoms with Crippen LogP contribution < -0.4 is 0 Å². The highest BCUT2D eigenvalue weighted by molar-refractivity contribution is 6.13. The minimum Gasteiger partial charge on any atom is -0.455 e. The Morgan fingerprint density at radius 2 is 1.04 bits per heavy atom. The summed E-state index contributed by atoms with van der Waals surface area (Å²) in [5.74, 6) is 0. The Balaban J connectivity index is 1.27. The summed E-state index contributed by atoms with van der Waals surface area (Å²) in [6, 6.07) is 55.4. The van der Waals surface area contributed by atoms with Gasteiger partial charge in [0.15, 0.2) is 0 Å². The highest BCUT2D eigenvalue weighted by Gasteiger charge is 2.19. The van der Waals surface area contributed by atoms with E-state index in [0.29, 0.717) is 5.56 Å². The van der Waals surface area contributed by atoms with Gasteiger partial charge >= 0.3 is 0 Å². The van der Waals surface area contributed by atoms with E-state index in [1.165, 1.54) is 21.8 Å². The van der Waals surface area contributed by atoms with Gasteiger partial charge in [-0.05, 0) is 72.3 Å². The summed E-state index contributed by atoms with van der Waals surface area (Å²) in [6.07, 6.45) is 0. The summed E-state index contributed by atoms with van der Waals surface area (Å²) in [7, 11) is 0. The Bertz CT molecular complexity index is 2880. The molecule has 0 aliphatic rings. The van der Waals surface area contributed by atoms with Crippen LogP contribution in [0.15, 0.2) is 156 Å². The van der Waals surface area contributed by atoms with Crippen molar-refractivity contribution < 1.29 is 4.42 Å². The third-order valence-corrected chi connectivity index (χ3v) is 9.52. The minimum absolute atomic E-state index is 0.656. The molecule has 0 amide bonds. The molecule has 10 rings (SSSR count). The van der Waals surface area contributed by atoms with Crippen LogP contribution in [0.25, 0.3) is 88.1 Å². The zero-order valence-electron chi connectivity index (χ0n) is 25.2. The first kappa shape index (κ1) is 25.7. The van der Waals surface area contributed by atoms with E-state index in [2.05, 4.69) is 143 Å². The van der Waals surface area contributed by atoms with Gasteiger partial charge in [-0.2, -0.15) is 5.26 Å². The summed E-state index contributed by atoms with van der Waals surface area (Å²) in [5, 5.41) is 16.5. The molecule has 0 bridgehead atoms. The molecule has 0 spiro atoms. The van der Waals surface area contributed by atoms with E-state index in [1.807, 2.05) is 24.3 Å². The van der Waals surface area contributed by atoms with Crippen LogP contribution in [0, 0.1) is 11.3 Å². The second kappa shape index (κ2) is 9.71. The number of hydrogen-bond donors (Lipinski definition) is 0. The van der Waals surface area contributed by atoms with E-state index in [4.69, 9.17) is 4.42 Å². The molecular formula is C43H25N3O. The molecule has 0 saturated heterocycles. The summed E-state index contributed by atoms with van der Waals surface area (Å²) < 4.78 is 11.3. The summed E-state index contributed by atoms with van der Waals surface area (Å²) in [5.41, 5.74) is 11.1. The van der Waals surface area contributed by atoms with Crippen molar-refractivity contribution in [3.63, 3.8) is 0 Å². The van der Waals surface area contributed by atoms with Gasteiger partial charge in [0.05, 0.1) is 33.7 Å². The first-order valence-corrected chi connectivity index (χ1v) is 15.7. The lowest BCUT2D eigenvalue weighted by Crippen LogP contribution is -1.96. The normalized spacial score (nSPS) is 11.8. The highest BCUT2D eigenvalue weighted by Crippen LogP contribution is 2.41. The second-order valence-corrected chi connectivity index (χ2v) is 12.1. The molecule has 3 aromatic heterocycles. The second-order valence-electron chi connectivity index (χ2n) is 12.1. The highest BCUT2D eigenvalue weighted by atomic mass is 16.3. The van der Waals surface area contributed by atoms with Crippen LogP contribution in [0.5, 0.6) is 0 Å². The smallest absolute Gasteiger partial charge is 0.143 e. The first-order valence-electron chi connectivity index (χ1n) is 15.7. The number of para-hydroxylation sites is 4. The largest absolute Gasteiger partial charge is 0.455 e. The minimum atomic E-state index is 0.656. The third kappa shape index (κ3) is 3.69. The number of benzene rings is 7. The standard InChI is InChI=1S/C43H25N3O/c44-26-27-20-21-41-36(22-27)33-14-3-7-18-40(33)45(41)29-11-9-10-28(23-29)35-24-30(25-37-34-15-4-8-19-42(34)47-43(35)37)46-38-16-5-1-12-31(38)32-13-2-6-17-39(32)46/h1-25H. The molecule has 0 saturated carbocycles. The first-order chi connectivity index (χ1) is 23.3. The molecular weight excluding hydrogens is 574 g/mol. The monoisotopic (exact) mass is 599 g/mol. The topological polar surface area (TPSA) is 46.8 Å². The van der Waals surface area contributed by atoms with Crippen molar-refractivity contribution in [3.05, 3.63) is 157 Å². The van der Waals surface area contributed by atoms with E-state index in [9.17, 15) is 5.26 Å². The van der Waals surface area contributed by atoms with Crippen LogP contribution in [0.4, 0.5) is 0 Å². The van der Waals surface area contributed by atoms with Crippen molar-refractivity contribution in [1.82, 2.24) is 9.13 Å². The van der Waals surface area contributed by atoms with Crippen LogP contribution in [0.1, 0.15) is 5.56 Å². The Hall–Kier alpha value is -6.57. The fourth-order valence-corrected chi connectivity index (χ4v) is 7.49. The molecule has 0 N–H and O–H groups in total. The van der Waals surface area contributed by atoms with Gasteiger partial charge in [0.1, 0.15) is 11.2 Å². The molecule has 218 valence electrons. The molecule has 47 heavy (non-hydrogen) atoms. The van der Waals surface area contributed by atoms with Gasteiger partial charge in [-0.25, -0.2) is 0 Å². The number of furan rings is 1. The van der Waals surface area contributed by atoms with Gasteiger partial charge in [0.2, 0.25) is 0 Å². The van der Waals surface area contributed by atoms with E-state index < -0.39 is 0 Å². The number of fused-ring (bicyclic) bond motifs is 9. The number of rotatable bonds is 3. The van der Waals surface area contributed by atoms with Crippen molar-refractivity contribution in [3.8, 4) is 28.6 Å². The zero-order chi connectivity index (χ0) is 31.1. The zero-order valence-corrected chi connectivity index (χ0v) is 25.2. The number of nitrogens with zero attached hydrogens (tertiary/aromatic N) is 3. The van der Waals surface area contributed by atoms with Crippen molar-refractivity contribution >= 4 is 65.6 Å². The molecule has 0 fully saturated rings. The lowest BCUT2D eigenvalue weighted by atomic mass is 10.0. The van der Waals surface area contributed by atoms with E-state index >= 15 is 0 Å². The van der Waals surface area contributed by atoms with Crippen molar-refractivity contribution in [2.24, 2.45) is 0 Å². The van der Waals surface area contributed by atoms with Crippen LogP contribution in [0.3, 0.4) is 0 Å². The Morgan fingerprint density at radius 3 is 1.74 bits per heavy atom. The fourth-order valence-electron chi connectivity index (χ4n) is 7.49. The maximum Gasteiger partial charge on any atom is 0.143 e. The fraction of sp³-hybridized carbons (Fsp3) is 0. The van der Waals surface area contributed by atoms with Gasteiger partial charge in [-0.3, -0.25) is 0 Å². The SMILES string of the molecule is N#Cc1ccc2c(c1)c1ccccc1n2-c1cccc(-c2cc(-n3c4ccccc4c4ccccc43)cc3c2oc2ccccc23)c1. The Morgan fingerprint density at radius 1 is 0.447 bits per heavy atom. The predicted molar refractivity (Wildman–Crippen MR) is 193 cm³/mol. The van der Waals surface area contributed by atoms with E-state index in [-0.39, 0.29) is 0 Å². The predicted octanol–water partition coefficient (Wildman–Crippen LogP) is 11.3. The van der Waals surface area contributed by atoms with Gasteiger partial charge < -0.3 is 13.6 Å². The third-order valence-electron chi connectivity index (χ3n) is 9.52. The summed E-state index contributed by atoms with van der Waals surface area (Å²) in [4.78, 5) is 0.